The molecular formula is C3H13NO2. The van der Waals surface area contributed by atoms with Crippen LogP contribution in [0.3, 0.4) is 0 Å². The van der Waals surface area contributed by atoms with Crippen molar-refractivity contribution >= 4 is 0 Å². The van der Waals surface area contributed by atoms with E-state index in [2.05, 4.69) is 0 Å². The molecule has 6 heavy (non-hydrogen) atoms. The molecule has 0 aromatic carbocycles. The molecule has 0 aromatic heterocycles. The van der Waals surface area contributed by atoms with Gasteiger partial charge in [0.1, 0.15) is 0 Å². The summed E-state index contributed by atoms with van der Waals surface area (Å²) in [6, 6.07) is 0. The Morgan fingerprint density at radius 3 is 1.33 bits per heavy atom. The Bertz CT molecular complexity index is 8.75. The first-order chi connectivity index (χ1) is 2.41. The lowest BCUT2D eigenvalue weighted by Gasteiger charge is -1.52. The van der Waals surface area contributed by atoms with Crippen molar-refractivity contribution in [1.82, 2.24) is 6.15 Å². The second-order valence-corrected chi connectivity index (χ2v) is 0.316. The van der Waals surface area contributed by atoms with Gasteiger partial charge in [0.25, 0.3) is 0 Å². The van der Waals surface area contributed by atoms with E-state index in [1.165, 1.54) is 0 Å². The van der Waals surface area contributed by atoms with Gasteiger partial charge in [-0.05, 0) is 6.92 Å². The number of hydrogen-bond donors (Lipinski definition) is 3. The van der Waals surface area contributed by atoms with Crippen LogP contribution in [-0.4, -0.2) is 23.9 Å². The minimum Gasteiger partial charge on any atom is -0.400 e. The molecule has 42 valence electrons. The maximum absolute atomic E-state index is 7.57. The van der Waals surface area contributed by atoms with Crippen molar-refractivity contribution in [2.45, 2.75) is 6.92 Å². The Labute approximate surface area is 38.2 Å². The van der Waals surface area contributed by atoms with Gasteiger partial charge in [-0.25, -0.2) is 0 Å². The maximum Gasteiger partial charge on any atom is 0.0402 e. The monoisotopic (exact) mass is 95.1 g/mol. The molecule has 0 aromatic rings. The highest BCUT2D eigenvalue weighted by molar-refractivity contribution is 3.84. The summed E-state index contributed by atoms with van der Waals surface area (Å²) in [5.41, 5.74) is 0. The molecule has 3 heteroatoms. The van der Waals surface area contributed by atoms with Gasteiger partial charge in [-0.2, -0.15) is 0 Å². The van der Waals surface area contributed by atoms with Crippen LogP contribution in [0.15, 0.2) is 0 Å². The quantitative estimate of drug-likeness (QED) is 0.389. The number of hydrogen-bond acceptors (Lipinski definition) is 3. The zero-order valence-electron chi connectivity index (χ0n) is 4.31. The lowest BCUT2D eigenvalue weighted by molar-refractivity contribution is 0.318. The first-order valence-corrected chi connectivity index (χ1v) is 1.47. The van der Waals surface area contributed by atoms with E-state index in [9.17, 15) is 0 Å². The van der Waals surface area contributed by atoms with E-state index < -0.39 is 0 Å². The smallest absolute Gasteiger partial charge is 0.0402 e. The fraction of sp³-hybridized carbons (Fsp3) is 1.00. The van der Waals surface area contributed by atoms with Gasteiger partial charge in [0, 0.05) is 13.7 Å². The van der Waals surface area contributed by atoms with E-state index in [4.69, 9.17) is 10.2 Å². The van der Waals surface area contributed by atoms with Crippen molar-refractivity contribution in [1.29, 1.82) is 0 Å². The van der Waals surface area contributed by atoms with Gasteiger partial charge in [-0.1, -0.05) is 0 Å². The molecule has 0 saturated carbocycles. The highest BCUT2D eigenvalue weighted by Crippen LogP contribution is 1.30. The van der Waals surface area contributed by atoms with Crippen LogP contribution in [0.1, 0.15) is 6.92 Å². The largest absolute Gasteiger partial charge is 0.400 e. The molecule has 0 aliphatic carbocycles. The lowest BCUT2D eigenvalue weighted by Crippen LogP contribution is -1.57. The van der Waals surface area contributed by atoms with Crippen LogP contribution in [0, 0.1) is 0 Å². The minimum atomic E-state index is 0. The molecule has 0 aliphatic rings. The van der Waals surface area contributed by atoms with Crippen LogP contribution < -0.4 is 6.15 Å². The number of rotatable bonds is 0. The van der Waals surface area contributed by atoms with Crippen molar-refractivity contribution in [2.75, 3.05) is 13.7 Å². The Morgan fingerprint density at radius 2 is 1.33 bits per heavy atom. The van der Waals surface area contributed by atoms with E-state index in [1.54, 1.807) is 6.92 Å². The highest BCUT2D eigenvalue weighted by atomic mass is 16.2. The molecule has 3 nitrogen and oxygen atoms in total. The summed E-state index contributed by atoms with van der Waals surface area (Å²) < 4.78 is 0. The summed E-state index contributed by atoms with van der Waals surface area (Å²) in [5.74, 6) is 0. The molecular weight excluding hydrogens is 82.0 g/mol. The maximum atomic E-state index is 7.57. The highest BCUT2D eigenvalue weighted by Gasteiger charge is 1.34. The zero-order chi connectivity index (χ0) is 4.71. The van der Waals surface area contributed by atoms with Crippen LogP contribution in [-0.2, 0) is 0 Å². The predicted octanol–water partition coefficient (Wildman–Crippen LogP) is -0.231. The van der Waals surface area contributed by atoms with Crippen molar-refractivity contribution in [3.8, 4) is 0 Å². The van der Waals surface area contributed by atoms with Gasteiger partial charge in [-0.3, -0.25) is 0 Å². The molecule has 0 atom stereocenters. The molecule has 0 amide bonds. The first kappa shape index (κ1) is 16.9. The van der Waals surface area contributed by atoms with Gasteiger partial charge in [0.2, 0.25) is 0 Å². The van der Waals surface area contributed by atoms with E-state index >= 15 is 0 Å². The van der Waals surface area contributed by atoms with E-state index in [1.807, 2.05) is 0 Å². The van der Waals surface area contributed by atoms with Crippen molar-refractivity contribution in [3.05, 3.63) is 0 Å². The third kappa shape index (κ3) is 2230. The topological polar surface area (TPSA) is 75.5 Å². The third-order valence-corrected chi connectivity index (χ3v) is 0. The molecule has 0 aliphatic heterocycles. The van der Waals surface area contributed by atoms with Crippen molar-refractivity contribution in [3.63, 3.8) is 0 Å². The minimum absolute atomic E-state index is 0. The summed E-state index contributed by atoms with van der Waals surface area (Å²) in [4.78, 5) is 0. The molecule has 0 bridgehead atoms. The first-order valence-electron chi connectivity index (χ1n) is 1.47. The third-order valence-electron chi connectivity index (χ3n) is 0. The van der Waals surface area contributed by atoms with Crippen LogP contribution in [0.5, 0.6) is 0 Å². The Kier molecular flexibility index (Phi) is 267. The SMILES string of the molecule is CCO.CO.N. The molecule has 0 fully saturated rings. The number of aliphatic hydroxyl groups excluding tert-OH is 2. The second-order valence-electron chi connectivity index (χ2n) is 0.316. The summed E-state index contributed by atoms with van der Waals surface area (Å²) in [7, 11) is 1.00. The fourth-order valence-corrected chi connectivity index (χ4v) is 0. The van der Waals surface area contributed by atoms with Crippen LogP contribution in [0.25, 0.3) is 0 Å². The summed E-state index contributed by atoms with van der Waals surface area (Å²) in [5, 5.41) is 14.6. The predicted molar refractivity (Wildman–Crippen MR) is 25.9 cm³/mol. The molecule has 0 heterocycles. The van der Waals surface area contributed by atoms with Crippen molar-refractivity contribution in [2.24, 2.45) is 0 Å². The van der Waals surface area contributed by atoms with Crippen molar-refractivity contribution < 1.29 is 10.2 Å². The molecule has 0 unspecified atom stereocenters. The average Bonchev–Trinajstić information content (AvgIpc) is 1.46. The molecule has 0 rings (SSSR count). The molecule has 0 radical (unpaired) electrons. The van der Waals surface area contributed by atoms with Gasteiger partial charge in [-0.15, -0.1) is 0 Å². The van der Waals surface area contributed by atoms with E-state index in [0.29, 0.717) is 0 Å². The fourth-order valence-electron chi connectivity index (χ4n) is 0. The van der Waals surface area contributed by atoms with Crippen LogP contribution in [0.2, 0.25) is 0 Å². The summed E-state index contributed by atoms with van der Waals surface area (Å²) in [6.07, 6.45) is 0. The lowest BCUT2D eigenvalue weighted by atomic mass is 10.9. The van der Waals surface area contributed by atoms with Gasteiger partial charge < -0.3 is 16.4 Å². The summed E-state index contributed by atoms with van der Waals surface area (Å²) in [6.45, 7) is 1.93. The van der Waals surface area contributed by atoms with Crippen LogP contribution in [0.4, 0.5) is 0 Å². The van der Waals surface area contributed by atoms with E-state index in [-0.39, 0.29) is 12.8 Å². The van der Waals surface area contributed by atoms with Gasteiger partial charge in [0.05, 0.1) is 0 Å². The van der Waals surface area contributed by atoms with Gasteiger partial charge in [0.15, 0.2) is 0 Å². The Balaban J connectivity index is -0.0000000275. The zero-order valence-corrected chi connectivity index (χ0v) is 4.31. The summed E-state index contributed by atoms with van der Waals surface area (Å²) >= 11 is 0. The van der Waals surface area contributed by atoms with E-state index in [0.717, 1.165) is 7.11 Å². The standard InChI is InChI=1S/C2H6O.CH4O.H3N/c1-2-3;1-2;/h3H,2H2,1H3;2H,1H3;1H3. The second kappa shape index (κ2) is 94.9. The molecule has 0 saturated heterocycles. The molecule has 5 N–H and O–H groups in total. The van der Waals surface area contributed by atoms with Crippen LogP contribution >= 0.6 is 0 Å². The Morgan fingerprint density at radius 1 is 1.33 bits per heavy atom. The number of aliphatic hydroxyl groups is 2. The Hall–Kier alpha value is -0.120. The molecule has 0 spiro atoms. The average molecular weight is 95.1 g/mol. The normalized spacial score (nSPS) is 4.00. The van der Waals surface area contributed by atoms with Gasteiger partial charge >= 0.3 is 0 Å².